The number of benzene rings is 2. The first kappa shape index (κ1) is 20.2. The van der Waals surface area contributed by atoms with Gasteiger partial charge in [0.05, 0.1) is 12.8 Å². The Bertz CT molecular complexity index is 918. The van der Waals surface area contributed by atoms with Crippen molar-refractivity contribution in [3.05, 3.63) is 65.2 Å². The molecule has 30 heavy (non-hydrogen) atoms. The van der Waals surface area contributed by atoms with E-state index < -0.39 is 6.09 Å². The van der Waals surface area contributed by atoms with Crippen LogP contribution in [0.1, 0.15) is 36.0 Å². The van der Waals surface area contributed by atoms with Crippen LogP contribution >= 0.6 is 0 Å². The fourth-order valence-corrected chi connectivity index (χ4v) is 3.76. The predicted octanol–water partition coefficient (Wildman–Crippen LogP) is 3.80. The Morgan fingerprint density at radius 3 is 2.70 bits per heavy atom. The van der Waals surface area contributed by atoms with Crippen molar-refractivity contribution in [2.45, 2.75) is 38.3 Å². The van der Waals surface area contributed by atoms with Gasteiger partial charge in [-0.2, -0.15) is 0 Å². The molecule has 1 fully saturated rings. The second-order valence-corrected chi connectivity index (χ2v) is 7.87. The first-order valence-electron chi connectivity index (χ1n) is 10.2. The van der Waals surface area contributed by atoms with Gasteiger partial charge in [0.15, 0.2) is 0 Å². The smallest absolute Gasteiger partial charge is 0.426 e. The molecule has 0 radical (unpaired) electrons. The molecule has 0 unspecified atom stereocenters. The molecule has 1 N–H and O–H groups in total. The standard InChI is InChI=1S/C23H27N3O4/c1-17-6-8-18(9-7-17)16-24-22(27)29-26-12-10-23(11-13-26)15-21(25-30-23)19-4-3-5-20(14-19)28-2/h3-9,14H,10-13,15-16H2,1-2H3,(H,24,27). The average molecular weight is 409 g/mol. The van der Waals surface area contributed by atoms with Crippen molar-refractivity contribution < 1.29 is 19.2 Å². The van der Waals surface area contributed by atoms with E-state index in [4.69, 9.17) is 14.4 Å². The number of aryl methyl sites for hydroxylation is 1. The molecule has 0 aromatic heterocycles. The van der Waals surface area contributed by atoms with E-state index in [-0.39, 0.29) is 5.60 Å². The summed E-state index contributed by atoms with van der Waals surface area (Å²) in [4.78, 5) is 23.4. The number of rotatable bonds is 5. The Morgan fingerprint density at radius 2 is 1.97 bits per heavy atom. The zero-order valence-electron chi connectivity index (χ0n) is 17.4. The van der Waals surface area contributed by atoms with Crippen molar-refractivity contribution in [1.82, 2.24) is 10.4 Å². The minimum absolute atomic E-state index is 0.323. The van der Waals surface area contributed by atoms with Gasteiger partial charge in [-0.15, -0.1) is 5.06 Å². The van der Waals surface area contributed by atoms with Crippen LogP contribution in [0.25, 0.3) is 0 Å². The number of carbonyl (C=O) groups is 1. The molecule has 0 saturated carbocycles. The van der Waals surface area contributed by atoms with E-state index in [1.54, 1.807) is 12.2 Å². The van der Waals surface area contributed by atoms with Crippen molar-refractivity contribution in [1.29, 1.82) is 0 Å². The lowest BCUT2D eigenvalue weighted by molar-refractivity contribution is -0.157. The molecule has 7 nitrogen and oxygen atoms in total. The van der Waals surface area contributed by atoms with Crippen molar-refractivity contribution in [3.8, 4) is 5.75 Å². The van der Waals surface area contributed by atoms with E-state index in [9.17, 15) is 4.79 Å². The van der Waals surface area contributed by atoms with E-state index in [2.05, 4.69) is 10.5 Å². The van der Waals surface area contributed by atoms with E-state index >= 15 is 0 Å². The lowest BCUT2D eigenvalue weighted by Crippen LogP contribution is -2.46. The number of hydroxylamine groups is 2. The molecule has 2 aliphatic heterocycles. The Balaban J connectivity index is 1.24. The molecular formula is C23H27N3O4. The van der Waals surface area contributed by atoms with Gasteiger partial charge in [-0.25, -0.2) is 4.79 Å². The molecule has 0 aliphatic carbocycles. The number of oxime groups is 1. The molecule has 1 spiro atoms. The van der Waals surface area contributed by atoms with Gasteiger partial charge < -0.3 is 19.7 Å². The summed E-state index contributed by atoms with van der Waals surface area (Å²) in [6.45, 7) is 3.70. The van der Waals surface area contributed by atoms with E-state index in [0.29, 0.717) is 19.6 Å². The van der Waals surface area contributed by atoms with Crippen LogP contribution in [0.5, 0.6) is 5.75 Å². The highest BCUT2D eigenvalue weighted by atomic mass is 16.7. The number of methoxy groups -OCH3 is 1. The average Bonchev–Trinajstić information content (AvgIpc) is 3.19. The highest BCUT2D eigenvalue weighted by Crippen LogP contribution is 2.36. The summed E-state index contributed by atoms with van der Waals surface area (Å²) in [6, 6.07) is 15.9. The van der Waals surface area contributed by atoms with Gasteiger partial charge in [0.25, 0.3) is 0 Å². The topological polar surface area (TPSA) is 72.4 Å². The maximum absolute atomic E-state index is 12.1. The first-order valence-corrected chi connectivity index (χ1v) is 10.2. The van der Waals surface area contributed by atoms with Gasteiger partial charge in [0, 0.05) is 44.5 Å². The van der Waals surface area contributed by atoms with Crippen LogP contribution < -0.4 is 10.1 Å². The molecule has 2 heterocycles. The van der Waals surface area contributed by atoms with Crippen LogP contribution in [0.15, 0.2) is 53.7 Å². The number of carbonyl (C=O) groups excluding carboxylic acids is 1. The van der Waals surface area contributed by atoms with E-state index in [1.807, 2.05) is 55.5 Å². The van der Waals surface area contributed by atoms with Crippen molar-refractivity contribution in [2.24, 2.45) is 5.16 Å². The van der Waals surface area contributed by atoms with Crippen LogP contribution in [0, 0.1) is 6.92 Å². The first-order chi connectivity index (χ1) is 14.5. The summed E-state index contributed by atoms with van der Waals surface area (Å²) < 4.78 is 5.30. The van der Waals surface area contributed by atoms with Gasteiger partial charge >= 0.3 is 6.09 Å². The Labute approximate surface area is 176 Å². The predicted molar refractivity (Wildman–Crippen MR) is 113 cm³/mol. The third kappa shape index (κ3) is 4.74. The molecule has 158 valence electrons. The second-order valence-electron chi connectivity index (χ2n) is 7.87. The molecule has 7 heteroatoms. The van der Waals surface area contributed by atoms with Crippen molar-refractivity contribution >= 4 is 11.8 Å². The normalized spacial score (nSPS) is 17.9. The Morgan fingerprint density at radius 1 is 1.20 bits per heavy atom. The van der Waals surface area contributed by atoms with Gasteiger partial charge in [0.2, 0.25) is 0 Å². The van der Waals surface area contributed by atoms with Crippen LogP contribution in [0.3, 0.4) is 0 Å². The third-order valence-electron chi connectivity index (χ3n) is 5.65. The molecule has 2 aliphatic rings. The number of hydrogen-bond donors (Lipinski definition) is 1. The van der Waals surface area contributed by atoms with Crippen molar-refractivity contribution in [2.75, 3.05) is 20.2 Å². The zero-order valence-corrected chi connectivity index (χ0v) is 17.4. The summed E-state index contributed by atoms with van der Waals surface area (Å²) in [5.74, 6) is 0.802. The summed E-state index contributed by atoms with van der Waals surface area (Å²) >= 11 is 0. The SMILES string of the molecule is COc1cccc(C2=NOC3(CCN(OC(=O)NCc4ccc(C)cc4)CC3)C2)c1. The third-order valence-corrected chi connectivity index (χ3v) is 5.65. The second kappa shape index (κ2) is 8.75. The van der Waals surface area contributed by atoms with Crippen LogP contribution in [0.2, 0.25) is 0 Å². The quantitative estimate of drug-likeness (QED) is 0.813. The number of piperidine rings is 1. The number of nitrogens with one attached hydrogen (secondary N) is 1. The zero-order chi connectivity index (χ0) is 21.0. The molecule has 1 saturated heterocycles. The molecular weight excluding hydrogens is 382 g/mol. The van der Waals surface area contributed by atoms with E-state index in [0.717, 1.165) is 41.9 Å². The molecule has 4 rings (SSSR count). The maximum atomic E-state index is 12.1. The Hall–Kier alpha value is -3.06. The molecule has 2 aromatic carbocycles. The fourth-order valence-electron chi connectivity index (χ4n) is 3.76. The lowest BCUT2D eigenvalue weighted by Gasteiger charge is -2.35. The minimum atomic E-state index is -0.438. The number of amides is 1. The molecule has 0 atom stereocenters. The number of ether oxygens (including phenoxy) is 1. The highest BCUT2D eigenvalue weighted by molar-refractivity contribution is 6.02. The molecule has 2 aromatic rings. The van der Waals surface area contributed by atoms with Crippen LogP contribution in [-0.4, -0.2) is 42.7 Å². The lowest BCUT2D eigenvalue weighted by atomic mass is 9.86. The minimum Gasteiger partial charge on any atom is -0.497 e. The van der Waals surface area contributed by atoms with Crippen LogP contribution in [-0.2, 0) is 16.2 Å². The van der Waals surface area contributed by atoms with E-state index in [1.165, 1.54) is 5.56 Å². The number of nitrogens with zero attached hydrogens (tertiary/aromatic N) is 2. The van der Waals surface area contributed by atoms with Gasteiger partial charge in [-0.05, 0) is 24.6 Å². The van der Waals surface area contributed by atoms with Gasteiger partial charge in [-0.1, -0.05) is 47.1 Å². The summed E-state index contributed by atoms with van der Waals surface area (Å²) in [5, 5.41) is 8.83. The fraction of sp³-hybridized carbons (Fsp3) is 0.391. The molecule has 0 bridgehead atoms. The number of hydrogen-bond acceptors (Lipinski definition) is 6. The van der Waals surface area contributed by atoms with Gasteiger partial charge in [0.1, 0.15) is 11.4 Å². The summed E-state index contributed by atoms with van der Waals surface area (Å²) in [5.41, 5.74) is 3.85. The largest absolute Gasteiger partial charge is 0.497 e. The summed E-state index contributed by atoms with van der Waals surface area (Å²) in [7, 11) is 1.65. The van der Waals surface area contributed by atoms with Crippen molar-refractivity contribution in [3.63, 3.8) is 0 Å². The highest BCUT2D eigenvalue weighted by Gasteiger charge is 2.43. The van der Waals surface area contributed by atoms with Crippen LogP contribution in [0.4, 0.5) is 4.79 Å². The molecule has 1 amide bonds. The summed E-state index contributed by atoms with van der Waals surface area (Å²) in [6.07, 6.45) is 1.80. The maximum Gasteiger partial charge on any atom is 0.426 e. The monoisotopic (exact) mass is 409 g/mol. The Kier molecular flexibility index (Phi) is 5.90. The van der Waals surface area contributed by atoms with Gasteiger partial charge in [-0.3, -0.25) is 0 Å².